The van der Waals surface area contributed by atoms with Crippen molar-refractivity contribution in [2.75, 3.05) is 5.32 Å². The maximum absolute atomic E-state index is 11.4. The van der Waals surface area contributed by atoms with Crippen LogP contribution in [-0.2, 0) is 4.79 Å². The first kappa shape index (κ1) is 10.4. The molecule has 1 aliphatic carbocycles. The van der Waals surface area contributed by atoms with Crippen LogP contribution < -0.4 is 5.32 Å². The maximum atomic E-state index is 11.4. The highest BCUT2D eigenvalue weighted by Gasteiger charge is 2.26. The number of thiazole rings is 1. The van der Waals surface area contributed by atoms with E-state index >= 15 is 0 Å². The van der Waals surface area contributed by atoms with E-state index in [4.69, 9.17) is 0 Å². The Hall–Kier alpha value is -1.16. The summed E-state index contributed by atoms with van der Waals surface area (Å²) in [5, 5.41) is 5.51. The fourth-order valence-electron chi connectivity index (χ4n) is 1.31. The molecule has 15 heavy (non-hydrogen) atoms. The zero-order chi connectivity index (χ0) is 10.8. The monoisotopic (exact) mass is 222 g/mol. The third-order valence-electron chi connectivity index (χ3n) is 2.17. The molecule has 1 heterocycles. The second-order valence-electron chi connectivity index (χ2n) is 4.06. The Balaban J connectivity index is 1.98. The van der Waals surface area contributed by atoms with E-state index < -0.39 is 0 Å². The number of carbonyl (C=O) groups excluding carboxylic acids is 1. The lowest BCUT2D eigenvalue weighted by atomic mass is 10.3. The first-order valence-electron chi connectivity index (χ1n) is 5.06. The summed E-state index contributed by atoms with van der Waals surface area (Å²) in [5.74, 6) is 0.557. The Labute approximate surface area is 93.2 Å². The normalized spacial score (nSPS) is 14.8. The molecule has 2 rings (SSSR count). The smallest absolute Gasteiger partial charge is 0.250 e. The van der Waals surface area contributed by atoms with Crippen LogP contribution in [0, 0.1) is 0 Å². The molecule has 0 unspecified atom stereocenters. The molecule has 1 aromatic rings. The van der Waals surface area contributed by atoms with E-state index in [1.165, 1.54) is 24.2 Å². The summed E-state index contributed by atoms with van der Waals surface area (Å²) in [7, 11) is 0. The molecule has 1 amide bonds. The van der Waals surface area contributed by atoms with Crippen LogP contribution >= 0.6 is 11.3 Å². The van der Waals surface area contributed by atoms with Crippen molar-refractivity contribution < 1.29 is 4.79 Å². The molecular formula is C11H14N2OS. The first-order chi connectivity index (χ1) is 7.15. The van der Waals surface area contributed by atoms with Gasteiger partial charge in [0.05, 0.1) is 5.69 Å². The van der Waals surface area contributed by atoms with E-state index in [9.17, 15) is 4.79 Å². The van der Waals surface area contributed by atoms with E-state index in [0.29, 0.717) is 11.0 Å². The molecule has 1 aromatic heterocycles. The van der Waals surface area contributed by atoms with E-state index in [1.807, 2.05) is 19.2 Å². The average Bonchev–Trinajstić information content (AvgIpc) is 2.87. The lowest BCUT2D eigenvalue weighted by Gasteiger charge is -1.96. The number of amides is 1. The Morgan fingerprint density at radius 1 is 1.60 bits per heavy atom. The molecule has 0 spiro atoms. The van der Waals surface area contributed by atoms with Gasteiger partial charge in [0.25, 0.3) is 0 Å². The van der Waals surface area contributed by atoms with Crippen LogP contribution in [-0.4, -0.2) is 10.9 Å². The second kappa shape index (κ2) is 4.14. The van der Waals surface area contributed by atoms with Crippen LogP contribution in [0.5, 0.6) is 0 Å². The van der Waals surface area contributed by atoms with Crippen LogP contribution in [0.25, 0.3) is 0 Å². The summed E-state index contributed by atoms with van der Waals surface area (Å²) in [6.45, 7) is 3.80. The van der Waals surface area contributed by atoms with Crippen molar-refractivity contribution in [1.82, 2.24) is 4.98 Å². The van der Waals surface area contributed by atoms with Gasteiger partial charge in [-0.25, -0.2) is 4.98 Å². The zero-order valence-corrected chi connectivity index (χ0v) is 9.73. The van der Waals surface area contributed by atoms with Crippen molar-refractivity contribution >= 4 is 22.4 Å². The van der Waals surface area contributed by atoms with Gasteiger partial charge in [-0.3, -0.25) is 10.1 Å². The standard InChI is InChI=1S/C11H14N2OS/c1-7(2)5-10(14)13-11-12-9(6-15-11)8-3-4-8/h5-6,8H,3-4H2,1-2H3,(H,12,13,14). The molecule has 1 N–H and O–H groups in total. The van der Waals surface area contributed by atoms with Gasteiger partial charge in [-0.05, 0) is 26.7 Å². The molecule has 1 fully saturated rings. The number of hydrogen-bond donors (Lipinski definition) is 1. The van der Waals surface area contributed by atoms with E-state index in [-0.39, 0.29) is 5.91 Å². The molecule has 0 aliphatic heterocycles. The minimum absolute atomic E-state index is 0.0910. The van der Waals surface area contributed by atoms with Crippen molar-refractivity contribution in [2.45, 2.75) is 32.6 Å². The molecule has 0 radical (unpaired) electrons. The first-order valence-corrected chi connectivity index (χ1v) is 5.94. The second-order valence-corrected chi connectivity index (χ2v) is 4.92. The predicted molar refractivity (Wildman–Crippen MR) is 62.1 cm³/mol. The van der Waals surface area contributed by atoms with Crippen LogP contribution in [0.3, 0.4) is 0 Å². The van der Waals surface area contributed by atoms with Crippen molar-refractivity contribution in [1.29, 1.82) is 0 Å². The molecule has 1 aliphatic rings. The SMILES string of the molecule is CC(C)=CC(=O)Nc1nc(C2CC2)cs1. The number of aromatic nitrogens is 1. The van der Waals surface area contributed by atoms with E-state index in [0.717, 1.165) is 11.3 Å². The van der Waals surface area contributed by atoms with Gasteiger partial charge in [0.15, 0.2) is 5.13 Å². The largest absolute Gasteiger partial charge is 0.298 e. The molecule has 3 nitrogen and oxygen atoms in total. The number of carbonyl (C=O) groups is 1. The lowest BCUT2D eigenvalue weighted by Crippen LogP contribution is -2.08. The number of anilines is 1. The Bertz CT molecular complexity index is 400. The number of rotatable bonds is 3. The number of allylic oxidation sites excluding steroid dienone is 1. The Kier molecular flexibility index (Phi) is 2.86. The van der Waals surface area contributed by atoms with Crippen molar-refractivity contribution in [3.63, 3.8) is 0 Å². The van der Waals surface area contributed by atoms with Gasteiger partial charge in [-0.1, -0.05) is 5.57 Å². The Morgan fingerprint density at radius 3 is 2.93 bits per heavy atom. The van der Waals surface area contributed by atoms with Gasteiger partial charge in [0.2, 0.25) is 5.91 Å². The molecular weight excluding hydrogens is 208 g/mol. The predicted octanol–water partition coefficient (Wildman–Crippen LogP) is 2.93. The van der Waals surface area contributed by atoms with Crippen molar-refractivity contribution in [3.05, 3.63) is 22.7 Å². The molecule has 0 saturated heterocycles. The summed E-state index contributed by atoms with van der Waals surface area (Å²) < 4.78 is 0. The third kappa shape index (κ3) is 2.89. The highest BCUT2D eigenvalue weighted by Crippen LogP contribution is 2.40. The minimum atomic E-state index is -0.0910. The van der Waals surface area contributed by atoms with Crippen LogP contribution in [0.4, 0.5) is 5.13 Å². The topological polar surface area (TPSA) is 42.0 Å². The number of hydrogen-bond acceptors (Lipinski definition) is 3. The number of nitrogens with zero attached hydrogens (tertiary/aromatic N) is 1. The maximum Gasteiger partial charge on any atom is 0.250 e. The fourth-order valence-corrected chi connectivity index (χ4v) is 2.11. The average molecular weight is 222 g/mol. The van der Waals surface area contributed by atoms with E-state index in [2.05, 4.69) is 10.3 Å². The molecule has 80 valence electrons. The van der Waals surface area contributed by atoms with Gasteiger partial charge >= 0.3 is 0 Å². The summed E-state index contributed by atoms with van der Waals surface area (Å²) in [6, 6.07) is 0. The zero-order valence-electron chi connectivity index (χ0n) is 8.91. The molecule has 0 atom stereocenters. The molecule has 1 saturated carbocycles. The van der Waals surface area contributed by atoms with Crippen molar-refractivity contribution in [3.8, 4) is 0 Å². The fraction of sp³-hybridized carbons (Fsp3) is 0.455. The van der Waals surface area contributed by atoms with Crippen molar-refractivity contribution in [2.24, 2.45) is 0 Å². The minimum Gasteiger partial charge on any atom is -0.298 e. The highest BCUT2D eigenvalue weighted by molar-refractivity contribution is 7.14. The summed E-state index contributed by atoms with van der Waals surface area (Å²) in [4.78, 5) is 15.8. The van der Waals surface area contributed by atoms with Crippen LogP contribution in [0.2, 0.25) is 0 Å². The lowest BCUT2D eigenvalue weighted by molar-refractivity contribution is -0.111. The van der Waals surface area contributed by atoms with Crippen LogP contribution in [0.1, 0.15) is 38.3 Å². The summed E-state index contributed by atoms with van der Waals surface area (Å²) >= 11 is 1.50. The van der Waals surface area contributed by atoms with E-state index in [1.54, 1.807) is 6.08 Å². The van der Waals surface area contributed by atoms with Gasteiger partial charge < -0.3 is 0 Å². The van der Waals surface area contributed by atoms with Gasteiger partial charge in [0.1, 0.15) is 0 Å². The highest BCUT2D eigenvalue weighted by atomic mass is 32.1. The van der Waals surface area contributed by atoms with Gasteiger partial charge in [-0.15, -0.1) is 11.3 Å². The third-order valence-corrected chi connectivity index (χ3v) is 2.94. The molecule has 4 heteroatoms. The van der Waals surface area contributed by atoms with Crippen LogP contribution in [0.15, 0.2) is 17.0 Å². The quantitative estimate of drug-likeness (QED) is 0.799. The molecule has 0 aromatic carbocycles. The Morgan fingerprint density at radius 2 is 2.33 bits per heavy atom. The summed E-state index contributed by atoms with van der Waals surface area (Å²) in [5.41, 5.74) is 2.12. The van der Waals surface area contributed by atoms with Gasteiger partial charge in [-0.2, -0.15) is 0 Å². The summed E-state index contributed by atoms with van der Waals surface area (Å²) in [6.07, 6.45) is 4.06. The van der Waals surface area contributed by atoms with Gasteiger partial charge in [0, 0.05) is 17.4 Å². The number of nitrogens with one attached hydrogen (secondary N) is 1. The molecule has 0 bridgehead atoms.